The number of carbonyl (C=O) groups excluding carboxylic acids is 1. The third kappa shape index (κ3) is 5.24. The van der Waals surface area contributed by atoms with Crippen molar-refractivity contribution in [2.24, 2.45) is 0 Å². The zero-order valence-corrected chi connectivity index (χ0v) is 18.3. The molecule has 0 radical (unpaired) electrons. The Morgan fingerprint density at radius 1 is 0.971 bits per heavy atom. The van der Waals surface area contributed by atoms with Crippen molar-refractivity contribution < 1.29 is 23.8 Å². The molecule has 4 aromatic rings. The number of ether oxygens (including phenoxy) is 1. The van der Waals surface area contributed by atoms with Gasteiger partial charge in [-0.3, -0.25) is 10.1 Å². The monoisotopic (exact) mass is 458 g/mol. The number of nitrogens with zero attached hydrogens (tertiary/aromatic N) is 1. The smallest absolute Gasteiger partial charge is 0.425 e. The summed E-state index contributed by atoms with van der Waals surface area (Å²) in [5.41, 5.74) is 3.83. The van der Waals surface area contributed by atoms with E-state index in [4.69, 9.17) is 14.3 Å². The van der Waals surface area contributed by atoms with Gasteiger partial charge in [0.1, 0.15) is 12.4 Å². The van der Waals surface area contributed by atoms with Crippen molar-refractivity contribution in [1.29, 1.82) is 0 Å². The number of aromatic nitrogens is 1. The average Bonchev–Trinajstić information content (AvgIpc) is 3.19. The minimum absolute atomic E-state index is 0.0367. The summed E-state index contributed by atoms with van der Waals surface area (Å²) in [4.78, 5) is 35.5. The molecule has 1 heterocycles. The summed E-state index contributed by atoms with van der Waals surface area (Å²) in [6.45, 7) is 1.75. The number of hydrogen-bond donors (Lipinski definition) is 2. The highest BCUT2D eigenvalue weighted by atomic mass is 16.6. The number of nitrogens with one attached hydrogen (secondary N) is 1. The second kappa shape index (κ2) is 9.91. The Labute approximate surface area is 195 Å². The van der Waals surface area contributed by atoms with Gasteiger partial charge in [-0.2, -0.15) is 0 Å². The highest BCUT2D eigenvalue weighted by Crippen LogP contribution is 2.23. The summed E-state index contributed by atoms with van der Waals surface area (Å²) >= 11 is 0. The van der Waals surface area contributed by atoms with Gasteiger partial charge in [-0.1, -0.05) is 66.7 Å². The van der Waals surface area contributed by atoms with E-state index in [1.807, 2.05) is 54.6 Å². The highest BCUT2D eigenvalue weighted by Gasteiger charge is 2.17. The van der Waals surface area contributed by atoms with Gasteiger partial charge in [0.05, 0.1) is 12.1 Å². The van der Waals surface area contributed by atoms with Crippen molar-refractivity contribution in [1.82, 2.24) is 4.57 Å². The van der Waals surface area contributed by atoms with Gasteiger partial charge in [-0.05, 0) is 41.3 Å². The molecule has 8 heteroatoms. The second-order valence-electron chi connectivity index (χ2n) is 7.62. The zero-order valence-electron chi connectivity index (χ0n) is 18.3. The Morgan fingerprint density at radius 2 is 1.59 bits per heavy atom. The summed E-state index contributed by atoms with van der Waals surface area (Å²) < 4.78 is 11.6. The predicted molar refractivity (Wildman–Crippen MR) is 126 cm³/mol. The molecule has 0 aliphatic heterocycles. The molecule has 1 unspecified atom stereocenters. The number of aliphatic carboxylic acids is 1. The van der Waals surface area contributed by atoms with E-state index in [1.54, 1.807) is 31.2 Å². The van der Waals surface area contributed by atoms with Gasteiger partial charge < -0.3 is 14.3 Å². The van der Waals surface area contributed by atoms with Crippen molar-refractivity contribution in [2.45, 2.75) is 19.4 Å². The molecule has 0 aliphatic carbocycles. The van der Waals surface area contributed by atoms with Crippen molar-refractivity contribution >= 4 is 17.9 Å². The van der Waals surface area contributed by atoms with Gasteiger partial charge in [-0.25, -0.2) is 14.2 Å². The molecule has 3 aromatic carbocycles. The van der Waals surface area contributed by atoms with E-state index in [2.05, 4.69) is 5.32 Å². The van der Waals surface area contributed by atoms with Crippen LogP contribution in [-0.4, -0.2) is 21.7 Å². The number of benzene rings is 3. The van der Waals surface area contributed by atoms with Crippen LogP contribution in [0.25, 0.3) is 16.8 Å². The summed E-state index contributed by atoms with van der Waals surface area (Å²) in [5, 5.41) is 11.5. The molecule has 4 rings (SSSR count). The van der Waals surface area contributed by atoms with E-state index in [-0.39, 0.29) is 12.2 Å². The molecular weight excluding hydrogens is 436 g/mol. The first-order valence-electron chi connectivity index (χ1n) is 10.6. The van der Waals surface area contributed by atoms with Crippen molar-refractivity contribution in [3.8, 4) is 16.8 Å². The predicted octanol–water partition coefficient (Wildman–Crippen LogP) is 5.03. The van der Waals surface area contributed by atoms with E-state index in [0.717, 1.165) is 23.0 Å². The maximum Gasteiger partial charge on any atom is 0.425 e. The minimum atomic E-state index is -0.884. The van der Waals surface area contributed by atoms with Gasteiger partial charge >= 0.3 is 17.8 Å². The number of rotatable bonds is 7. The first-order valence-corrected chi connectivity index (χ1v) is 10.6. The van der Waals surface area contributed by atoms with Crippen LogP contribution < -0.4 is 11.1 Å². The van der Waals surface area contributed by atoms with Crippen LogP contribution in [0.5, 0.6) is 0 Å². The maximum absolute atomic E-state index is 12.4. The van der Waals surface area contributed by atoms with E-state index in [0.29, 0.717) is 11.3 Å². The average molecular weight is 458 g/mol. The van der Waals surface area contributed by atoms with E-state index in [9.17, 15) is 14.4 Å². The number of carbonyl (C=O) groups is 2. The molecule has 0 saturated heterocycles. The Balaban J connectivity index is 1.49. The van der Waals surface area contributed by atoms with E-state index < -0.39 is 23.9 Å². The molecule has 0 bridgehead atoms. The first kappa shape index (κ1) is 22.6. The van der Waals surface area contributed by atoms with E-state index in [1.165, 1.54) is 4.57 Å². The number of hydrogen-bond acceptors (Lipinski definition) is 5. The van der Waals surface area contributed by atoms with Crippen molar-refractivity contribution in [3.63, 3.8) is 0 Å². The van der Waals surface area contributed by atoms with Gasteiger partial charge in [0.2, 0.25) is 0 Å². The van der Waals surface area contributed by atoms with Crippen LogP contribution in [0.4, 0.5) is 10.6 Å². The molecule has 1 amide bonds. The molecule has 34 heavy (non-hydrogen) atoms. The lowest BCUT2D eigenvalue weighted by atomic mass is 10.0. The van der Waals surface area contributed by atoms with Gasteiger partial charge in [0.25, 0.3) is 0 Å². The molecule has 0 saturated carbocycles. The van der Waals surface area contributed by atoms with Crippen LogP contribution in [0.2, 0.25) is 0 Å². The summed E-state index contributed by atoms with van der Waals surface area (Å²) in [6.07, 6.45) is -0.0741. The second-order valence-corrected chi connectivity index (χ2v) is 7.62. The largest absolute Gasteiger partial charge is 0.481 e. The normalized spacial score (nSPS) is 11.6. The Morgan fingerprint density at radius 3 is 2.21 bits per heavy atom. The van der Waals surface area contributed by atoms with Crippen LogP contribution in [0.3, 0.4) is 0 Å². The van der Waals surface area contributed by atoms with Gasteiger partial charge in [-0.15, -0.1) is 0 Å². The highest BCUT2D eigenvalue weighted by molar-refractivity contribution is 5.84. The lowest BCUT2D eigenvalue weighted by molar-refractivity contribution is -0.136. The molecule has 2 N–H and O–H groups in total. The third-order valence-electron chi connectivity index (χ3n) is 5.25. The lowest BCUT2D eigenvalue weighted by Crippen LogP contribution is -2.21. The summed E-state index contributed by atoms with van der Waals surface area (Å²) in [5.74, 6) is -1.40. The summed E-state index contributed by atoms with van der Waals surface area (Å²) in [6, 6.07) is 23.6. The summed E-state index contributed by atoms with van der Waals surface area (Å²) in [7, 11) is 0. The number of anilines is 1. The Kier molecular flexibility index (Phi) is 6.59. The van der Waals surface area contributed by atoms with Crippen LogP contribution >= 0.6 is 0 Å². The SMILES string of the molecule is CC(OC(=O)Nc1coc(=O)n1-c1ccc(-c2ccc(CC(=O)O)cc2)cc1)c1ccccc1. The molecule has 8 nitrogen and oxygen atoms in total. The molecule has 172 valence electrons. The Hall–Kier alpha value is -4.59. The quantitative estimate of drug-likeness (QED) is 0.402. The third-order valence-corrected chi connectivity index (χ3v) is 5.25. The topological polar surface area (TPSA) is 111 Å². The fourth-order valence-electron chi connectivity index (χ4n) is 3.52. The molecule has 0 spiro atoms. The lowest BCUT2D eigenvalue weighted by Gasteiger charge is -2.14. The first-order chi connectivity index (χ1) is 16.4. The van der Waals surface area contributed by atoms with Crippen LogP contribution in [0.15, 0.2) is 94.3 Å². The van der Waals surface area contributed by atoms with Crippen molar-refractivity contribution in [3.05, 3.63) is 107 Å². The Bertz CT molecular complexity index is 1340. The molecule has 0 aliphatic rings. The minimum Gasteiger partial charge on any atom is -0.481 e. The zero-order chi connectivity index (χ0) is 24.1. The molecule has 1 aromatic heterocycles. The van der Waals surface area contributed by atoms with Gasteiger partial charge in [0, 0.05) is 0 Å². The molecule has 1 atom stereocenters. The van der Waals surface area contributed by atoms with Gasteiger partial charge in [0.15, 0.2) is 5.82 Å². The molecular formula is C26H22N2O6. The number of carboxylic acids is 1. The van der Waals surface area contributed by atoms with E-state index >= 15 is 0 Å². The van der Waals surface area contributed by atoms with Crippen LogP contribution in [-0.2, 0) is 16.0 Å². The fourth-order valence-corrected chi connectivity index (χ4v) is 3.52. The number of oxazole rings is 1. The van der Waals surface area contributed by atoms with Crippen LogP contribution in [0.1, 0.15) is 24.2 Å². The standard InChI is InChI=1S/C26H22N2O6/c1-17(19-5-3-2-4-6-19)34-25(31)27-23-16-33-26(32)28(23)22-13-11-21(12-14-22)20-9-7-18(8-10-20)15-24(29)30/h2-14,16-17H,15H2,1H3,(H,27,31)(H,29,30). The fraction of sp³-hybridized carbons (Fsp3) is 0.115. The van der Waals surface area contributed by atoms with Crippen molar-refractivity contribution in [2.75, 3.05) is 5.32 Å². The molecule has 0 fully saturated rings. The number of amides is 1. The number of carboxylic acid groups (broad SMARTS) is 1. The maximum atomic E-state index is 12.4. The van der Waals surface area contributed by atoms with Crippen LogP contribution in [0, 0.1) is 0 Å².